The van der Waals surface area contributed by atoms with Crippen molar-refractivity contribution in [1.82, 2.24) is 14.9 Å². The Hall–Kier alpha value is -2.34. The molecular weight excluding hydrogens is 316 g/mol. The van der Waals surface area contributed by atoms with Crippen LogP contribution in [0.1, 0.15) is 34.9 Å². The number of morpholine rings is 1. The Morgan fingerprint density at radius 3 is 2.84 bits per heavy atom. The van der Waals surface area contributed by atoms with Gasteiger partial charge in [0.15, 0.2) is 0 Å². The van der Waals surface area contributed by atoms with Crippen molar-refractivity contribution in [3.8, 4) is 0 Å². The largest absolute Gasteiger partial charge is 0.378 e. The molecule has 0 spiro atoms. The Kier molecular flexibility index (Phi) is 4.70. The van der Waals surface area contributed by atoms with Crippen molar-refractivity contribution in [3.05, 3.63) is 48.0 Å². The molecule has 2 saturated heterocycles. The van der Waals surface area contributed by atoms with Crippen molar-refractivity contribution in [2.75, 3.05) is 44.3 Å². The number of H-pyrrole nitrogens is 1. The van der Waals surface area contributed by atoms with Gasteiger partial charge in [-0.15, -0.1) is 0 Å². The fourth-order valence-electron chi connectivity index (χ4n) is 3.79. The summed E-state index contributed by atoms with van der Waals surface area (Å²) in [5.41, 5.74) is 1.82. The van der Waals surface area contributed by atoms with E-state index in [1.165, 1.54) is 0 Å². The van der Waals surface area contributed by atoms with Gasteiger partial charge < -0.3 is 19.5 Å². The molecule has 1 unspecified atom stereocenters. The van der Waals surface area contributed by atoms with Gasteiger partial charge in [-0.2, -0.15) is 0 Å². The molecule has 6 nitrogen and oxygen atoms in total. The van der Waals surface area contributed by atoms with Crippen molar-refractivity contribution in [1.29, 1.82) is 0 Å². The zero-order chi connectivity index (χ0) is 17.1. The number of para-hydroxylation sites is 1. The van der Waals surface area contributed by atoms with Crippen molar-refractivity contribution in [2.24, 2.45) is 0 Å². The molecule has 2 aliphatic heterocycles. The second-order valence-corrected chi connectivity index (χ2v) is 6.68. The first-order chi connectivity index (χ1) is 12.3. The number of nitrogens with zero attached hydrogens (tertiary/aromatic N) is 3. The SMILES string of the molecule is O=C(c1ccccc1N1CCOCC1)N1CCCC(c2ncc[nH]2)C1. The lowest BCUT2D eigenvalue weighted by molar-refractivity contribution is 0.0704. The summed E-state index contributed by atoms with van der Waals surface area (Å²) in [6.07, 6.45) is 5.72. The fourth-order valence-corrected chi connectivity index (χ4v) is 3.79. The van der Waals surface area contributed by atoms with Crippen LogP contribution in [-0.2, 0) is 4.74 Å². The third kappa shape index (κ3) is 3.39. The normalized spacial score (nSPS) is 21.4. The second kappa shape index (κ2) is 7.27. The molecular formula is C19H24N4O2. The molecule has 2 fully saturated rings. The summed E-state index contributed by atoms with van der Waals surface area (Å²) in [6, 6.07) is 7.95. The maximum Gasteiger partial charge on any atom is 0.255 e. The van der Waals surface area contributed by atoms with E-state index in [1.54, 1.807) is 6.20 Å². The number of piperidine rings is 1. The highest BCUT2D eigenvalue weighted by molar-refractivity contribution is 6.00. The summed E-state index contributed by atoms with van der Waals surface area (Å²) in [5, 5.41) is 0. The number of nitrogens with one attached hydrogen (secondary N) is 1. The van der Waals surface area contributed by atoms with E-state index < -0.39 is 0 Å². The van der Waals surface area contributed by atoms with Crippen LogP contribution >= 0.6 is 0 Å². The zero-order valence-electron chi connectivity index (χ0n) is 14.4. The van der Waals surface area contributed by atoms with Gasteiger partial charge in [0.05, 0.1) is 18.8 Å². The Bertz CT molecular complexity index is 710. The number of rotatable bonds is 3. The maximum absolute atomic E-state index is 13.2. The van der Waals surface area contributed by atoms with E-state index >= 15 is 0 Å². The first-order valence-electron chi connectivity index (χ1n) is 9.03. The van der Waals surface area contributed by atoms with Gasteiger partial charge >= 0.3 is 0 Å². The molecule has 0 bridgehead atoms. The molecule has 1 aromatic carbocycles. The number of amides is 1. The van der Waals surface area contributed by atoms with E-state index in [2.05, 4.69) is 14.9 Å². The van der Waals surface area contributed by atoms with Crippen molar-refractivity contribution < 1.29 is 9.53 Å². The van der Waals surface area contributed by atoms with Crippen molar-refractivity contribution in [2.45, 2.75) is 18.8 Å². The van der Waals surface area contributed by atoms with Crippen LogP contribution in [0.25, 0.3) is 0 Å². The highest BCUT2D eigenvalue weighted by Crippen LogP contribution is 2.28. The van der Waals surface area contributed by atoms with Gasteiger partial charge in [-0.1, -0.05) is 12.1 Å². The lowest BCUT2D eigenvalue weighted by Gasteiger charge is -2.34. The summed E-state index contributed by atoms with van der Waals surface area (Å²) in [7, 11) is 0. The van der Waals surface area contributed by atoms with Gasteiger partial charge in [0, 0.05) is 50.2 Å². The summed E-state index contributed by atoms with van der Waals surface area (Å²) >= 11 is 0. The number of hydrogen-bond donors (Lipinski definition) is 1. The highest BCUT2D eigenvalue weighted by Gasteiger charge is 2.28. The third-order valence-electron chi connectivity index (χ3n) is 5.10. The number of likely N-dealkylation sites (tertiary alicyclic amines) is 1. The van der Waals surface area contributed by atoms with Gasteiger partial charge in [0.2, 0.25) is 0 Å². The Balaban J connectivity index is 1.54. The number of carbonyl (C=O) groups excluding carboxylic acids is 1. The van der Waals surface area contributed by atoms with Crippen LogP contribution in [0.5, 0.6) is 0 Å². The Labute approximate surface area is 147 Å². The average Bonchev–Trinajstić information content (AvgIpc) is 3.23. The van der Waals surface area contributed by atoms with Gasteiger partial charge in [0.1, 0.15) is 5.82 Å². The van der Waals surface area contributed by atoms with E-state index in [0.29, 0.717) is 19.1 Å². The van der Waals surface area contributed by atoms with Crippen LogP contribution in [0.3, 0.4) is 0 Å². The second-order valence-electron chi connectivity index (χ2n) is 6.68. The summed E-state index contributed by atoms with van der Waals surface area (Å²) in [5.74, 6) is 1.40. The van der Waals surface area contributed by atoms with Gasteiger partial charge in [-0.3, -0.25) is 4.79 Å². The quantitative estimate of drug-likeness (QED) is 0.931. The molecule has 1 N–H and O–H groups in total. The first kappa shape index (κ1) is 16.1. The number of aromatic nitrogens is 2. The predicted octanol–water partition coefficient (Wildman–Crippen LogP) is 2.27. The lowest BCUT2D eigenvalue weighted by atomic mass is 9.96. The monoisotopic (exact) mass is 340 g/mol. The van der Waals surface area contributed by atoms with Crippen LogP contribution in [0.15, 0.2) is 36.7 Å². The molecule has 1 atom stereocenters. The Morgan fingerprint density at radius 1 is 1.20 bits per heavy atom. The first-order valence-corrected chi connectivity index (χ1v) is 9.03. The van der Waals surface area contributed by atoms with E-state index in [-0.39, 0.29) is 5.91 Å². The van der Waals surface area contributed by atoms with Crippen LogP contribution in [-0.4, -0.2) is 60.2 Å². The standard InChI is InChI=1S/C19H24N4O2/c24-19(23-9-3-4-15(14-23)18-20-7-8-21-18)16-5-1-2-6-17(16)22-10-12-25-13-11-22/h1-2,5-8,15H,3-4,9-14H2,(H,20,21). The van der Waals surface area contributed by atoms with Gasteiger partial charge in [-0.05, 0) is 25.0 Å². The topological polar surface area (TPSA) is 61.5 Å². The molecule has 2 aliphatic rings. The Morgan fingerprint density at radius 2 is 2.04 bits per heavy atom. The zero-order valence-corrected chi connectivity index (χ0v) is 14.4. The third-order valence-corrected chi connectivity index (χ3v) is 5.10. The van der Waals surface area contributed by atoms with E-state index in [4.69, 9.17) is 4.74 Å². The summed E-state index contributed by atoms with van der Waals surface area (Å²) < 4.78 is 5.45. The molecule has 3 heterocycles. The minimum Gasteiger partial charge on any atom is -0.378 e. The molecule has 0 saturated carbocycles. The number of imidazole rings is 1. The van der Waals surface area contributed by atoms with Gasteiger partial charge in [0.25, 0.3) is 5.91 Å². The molecule has 0 radical (unpaired) electrons. The maximum atomic E-state index is 13.2. The molecule has 0 aliphatic carbocycles. The number of carbonyl (C=O) groups is 1. The molecule has 132 valence electrons. The smallest absolute Gasteiger partial charge is 0.255 e. The highest BCUT2D eigenvalue weighted by atomic mass is 16.5. The fraction of sp³-hybridized carbons (Fsp3) is 0.474. The minimum absolute atomic E-state index is 0.123. The predicted molar refractivity (Wildman–Crippen MR) is 95.9 cm³/mol. The van der Waals surface area contributed by atoms with Crippen LogP contribution in [0.2, 0.25) is 0 Å². The average molecular weight is 340 g/mol. The molecule has 4 rings (SSSR count). The molecule has 25 heavy (non-hydrogen) atoms. The van der Waals surface area contributed by atoms with E-state index in [9.17, 15) is 4.79 Å². The number of anilines is 1. The summed E-state index contributed by atoms with van der Waals surface area (Å²) in [6.45, 7) is 4.63. The summed E-state index contributed by atoms with van der Waals surface area (Å²) in [4.78, 5) is 25.0. The van der Waals surface area contributed by atoms with Crippen LogP contribution in [0.4, 0.5) is 5.69 Å². The molecule has 1 aromatic heterocycles. The molecule has 6 heteroatoms. The number of ether oxygens (including phenoxy) is 1. The van der Waals surface area contributed by atoms with Crippen molar-refractivity contribution in [3.63, 3.8) is 0 Å². The molecule has 2 aromatic rings. The van der Waals surface area contributed by atoms with E-state index in [0.717, 1.165) is 56.1 Å². The number of hydrogen-bond acceptors (Lipinski definition) is 4. The van der Waals surface area contributed by atoms with Crippen LogP contribution in [0, 0.1) is 0 Å². The van der Waals surface area contributed by atoms with Crippen molar-refractivity contribution >= 4 is 11.6 Å². The molecule has 1 amide bonds. The number of aromatic amines is 1. The minimum atomic E-state index is 0.123. The van der Waals surface area contributed by atoms with Gasteiger partial charge in [-0.25, -0.2) is 4.98 Å². The lowest BCUT2D eigenvalue weighted by Crippen LogP contribution is -2.41. The number of benzene rings is 1. The van der Waals surface area contributed by atoms with Crippen LogP contribution < -0.4 is 4.90 Å². The van der Waals surface area contributed by atoms with E-state index in [1.807, 2.05) is 35.4 Å².